The van der Waals surface area contributed by atoms with Crippen molar-refractivity contribution < 1.29 is 9.53 Å². The molecule has 0 saturated heterocycles. The van der Waals surface area contributed by atoms with E-state index in [-0.39, 0.29) is 11.6 Å². The molecule has 0 amide bonds. The first-order valence-electron chi connectivity index (χ1n) is 5.39. The van der Waals surface area contributed by atoms with Gasteiger partial charge in [0.05, 0.1) is 12.2 Å². The van der Waals surface area contributed by atoms with Crippen LogP contribution >= 0.6 is 11.8 Å². The molecule has 0 spiro atoms. The van der Waals surface area contributed by atoms with Crippen LogP contribution in [0.1, 0.15) is 27.2 Å². The van der Waals surface area contributed by atoms with Crippen LogP contribution in [0, 0.1) is 12.3 Å². The van der Waals surface area contributed by atoms with Crippen LogP contribution in [-0.2, 0) is 9.53 Å². The standard InChI is InChI=1S/C12H21NO2S/c1-5-9-16-10-8-13-7-6-11(14)15-12(2,3)4/h1,13H,6-10H2,2-4H3. The summed E-state index contributed by atoms with van der Waals surface area (Å²) in [5.41, 5.74) is -0.389. The van der Waals surface area contributed by atoms with E-state index in [0.717, 1.165) is 18.1 Å². The molecule has 0 aromatic heterocycles. The Morgan fingerprint density at radius 3 is 2.69 bits per heavy atom. The normalized spacial score (nSPS) is 10.9. The van der Waals surface area contributed by atoms with E-state index >= 15 is 0 Å². The van der Waals surface area contributed by atoms with E-state index in [1.54, 1.807) is 11.8 Å². The summed E-state index contributed by atoms with van der Waals surface area (Å²) in [5, 5.41) is 3.17. The first-order chi connectivity index (χ1) is 7.45. The van der Waals surface area contributed by atoms with Gasteiger partial charge in [-0.05, 0) is 20.8 Å². The van der Waals surface area contributed by atoms with Crippen molar-refractivity contribution in [1.82, 2.24) is 5.32 Å². The summed E-state index contributed by atoms with van der Waals surface area (Å²) >= 11 is 1.71. The van der Waals surface area contributed by atoms with Crippen LogP contribution in [-0.4, -0.2) is 36.2 Å². The highest BCUT2D eigenvalue weighted by Gasteiger charge is 2.15. The van der Waals surface area contributed by atoms with Gasteiger partial charge in [0.1, 0.15) is 5.60 Å². The molecule has 0 aromatic carbocycles. The van der Waals surface area contributed by atoms with Crippen LogP contribution in [0.25, 0.3) is 0 Å². The monoisotopic (exact) mass is 243 g/mol. The maximum atomic E-state index is 11.3. The van der Waals surface area contributed by atoms with Gasteiger partial charge in [0, 0.05) is 18.8 Å². The third kappa shape index (κ3) is 11.4. The van der Waals surface area contributed by atoms with E-state index in [4.69, 9.17) is 11.2 Å². The SMILES string of the molecule is C#CCSCCNCCC(=O)OC(C)(C)C. The van der Waals surface area contributed by atoms with Crippen LogP contribution in [0.4, 0.5) is 0 Å². The second-order valence-corrected chi connectivity index (χ2v) is 5.45. The molecule has 0 heterocycles. The number of nitrogens with one attached hydrogen (secondary N) is 1. The molecule has 0 radical (unpaired) electrons. The number of hydrogen-bond acceptors (Lipinski definition) is 4. The lowest BCUT2D eigenvalue weighted by molar-refractivity contribution is -0.154. The van der Waals surface area contributed by atoms with Gasteiger partial charge >= 0.3 is 5.97 Å². The minimum absolute atomic E-state index is 0.156. The van der Waals surface area contributed by atoms with Gasteiger partial charge in [-0.15, -0.1) is 18.2 Å². The predicted octanol–water partition coefficient (Wildman–Crippen LogP) is 1.67. The van der Waals surface area contributed by atoms with Gasteiger partial charge in [-0.25, -0.2) is 0 Å². The van der Waals surface area contributed by atoms with E-state index in [9.17, 15) is 4.79 Å². The van der Waals surface area contributed by atoms with Crippen molar-refractivity contribution >= 4 is 17.7 Å². The maximum absolute atomic E-state index is 11.3. The summed E-state index contributed by atoms with van der Waals surface area (Å²) in [6.07, 6.45) is 5.53. The number of ether oxygens (including phenoxy) is 1. The van der Waals surface area contributed by atoms with Crippen LogP contribution in [0.2, 0.25) is 0 Å². The Bertz CT molecular complexity index is 240. The van der Waals surface area contributed by atoms with Gasteiger partial charge in [0.15, 0.2) is 0 Å². The number of carbonyl (C=O) groups is 1. The van der Waals surface area contributed by atoms with Crippen molar-refractivity contribution in [2.45, 2.75) is 32.8 Å². The molecule has 92 valence electrons. The summed E-state index contributed by atoms with van der Waals surface area (Å²) in [5.74, 6) is 4.12. The largest absolute Gasteiger partial charge is 0.460 e. The Morgan fingerprint density at radius 1 is 1.44 bits per heavy atom. The zero-order valence-electron chi connectivity index (χ0n) is 10.3. The molecule has 0 aromatic rings. The molecule has 1 N–H and O–H groups in total. The Morgan fingerprint density at radius 2 is 2.12 bits per heavy atom. The fourth-order valence-corrected chi connectivity index (χ4v) is 1.53. The molecule has 0 fully saturated rings. The first-order valence-corrected chi connectivity index (χ1v) is 6.55. The second kappa shape index (κ2) is 8.49. The van der Waals surface area contributed by atoms with Crippen molar-refractivity contribution in [2.24, 2.45) is 0 Å². The van der Waals surface area contributed by atoms with E-state index in [1.807, 2.05) is 20.8 Å². The van der Waals surface area contributed by atoms with Gasteiger partial charge in [-0.2, -0.15) is 0 Å². The molecule has 0 bridgehead atoms. The van der Waals surface area contributed by atoms with E-state index in [1.165, 1.54) is 0 Å². The van der Waals surface area contributed by atoms with Crippen molar-refractivity contribution in [3.8, 4) is 12.3 Å². The van der Waals surface area contributed by atoms with Crippen LogP contribution in [0.3, 0.4) is 0 Å². The van der Waals surface area contributed by atoms with Crippen molar-refractivity contribution in [3.05, 3.63) is 0 Å². The van der Waals surface area contributed by atoms with Gasteiger partial charge in [0.2, 0.25) is 0 Å². The minimum atomic E-state index is -0.389. The molecule has 0 saturated carbocycles. The van der Waals surface area contributed by atoms with Gasteiger partial charge in [-0.1, -0.05) is 5.92 Å². The highest BCUT2D eigenvalue weighted by Crippen LogP contribution is 2.07. The Labute approximate surface area is 103 Å². The van der Waals surface area contributed by atoms with E-state index in [2.05, 4.69) is 11.2 Å². The lowest BCUT2D eigenvalue weighted by Gasteiger charge is -2.19. The Hall–Kier alpha value is -0.660. The zero-order valence-corrected chi connectivity index (χ0v) is 11.2. The third-order valence-electron chi connectivity index (χ3n) is 1.53. The number of rotatable bonds is 7. The quantitative estimate of drug-likeness (QED) is 0.419. The summed E-state index contributed by atoms with van der Waals surface area (Å²) in [6, 6.07) is 0. The molecule has 0 atom stereocenters. The maximum Gasteiger partial charge on any atom is 0.307 e. The molecular weight excluding hydrogens is 222 g/mol. The molecule has 4 heteroatoms. The van der Waals surface area contributed by atoms with Gasteiger partial charge in [0.25, 0.3) is 0 Å². The van der Waals surface area contributed by atoms with Crippen LogP contribution in [0.5, 0.6) is 0 Å². The van der Waals surface area contributed by atoms with Gasteiger partial charge in [-0.3, -0.25) is 4.79 Å². The predicted molar refractivity (Wildman–Crippen MR) is 69.5 cm³/mol. The van der Waals surface area contributed by atoms with Crippen molar-refractivity contribution in [3.63, 3.8) is 0 Å². The van der Waals surface area contributed by atoms with Gasteiger partial charge < -0.3 is 10.1 Å². The summed E-state index contributed by atoms with van der Waals surface area (Å²) in [7, 11) is 0. The smallest absolute Gasteiger partial charge is 0.307 e. The van der Waals surface area contributed by atoms with Crippen LogP contribution in [0.15, 0.2) is 0 Å². The van der Waals surface area contributed by atoms with Crippen molar-refractivity contribution in [1.29, 1.82) is 0 Å². The summed E-state index contributed by atoms with van der Waals surface area (Å²) in [6.45, 7) is 7.14. The Balaban J connectivity index is 3.32. The number of thioether (sulfide) groups is 1. The molecule has 0 unspecified atom stereocenters. The molecule has 0 aliphatic rings. The fourth-order valence-electron chi connectivity index (χ4n) is 0.983. The lowest BCUT2D eigenvalue weighted by atomic mass is 10.2. The minimum Gasteiger partial charge on any atom is -0.460 e. The molecule has 0 aliphatic carbocycles. The number of esters is 1. The number of terminal acetylenes is 1. The molecule has 16 heavy (non-hydrogen) atoms. The number of carbonyl (C=O) groups excluding carboxylic acids is 1. The second-order valence-electron chi connectivity index (χ2n) is 4.34. The molecule has 0 rings (SSSR count). The summed E-state index contributed by atoms with van der Waals surface area (Å²) in [4.78, 5) is 11.3. The first kappa shape index (κ1) is 15.3. The Kier molecular flexibility index (Phi) is 8.14. The molecule has 3 nitrogen and oxygen atoms in total. The zero-order chi connectivity index (χ0) is 12.4. The highest BCUT2D eigenvalue weighted by molar-refractivity contribution is 7.99. The molecular formula is C12H21NO2S. The highest BCUT2D eigenvalue weighted by atomic mass is 32.2. The summed E-state index contributed by atoms with van der Waals surface area (Å²) < 4.78 is 5.17. The van der Waals surface area contributed by atoms with E-state index < -0.39 is 0 Å². The van der Waals surface area contributed by atoms with Crippen LogP contribution < -0.4 is 5.32 Å². The van der Waals surface area contributed by atoms with E-state index in [0.29, 0.717) is 13.0 Å². The molecule has 0 aliphatic heterocycles. The lowest BCUT2D eigenvalue weighted by Crippen LogP contribution is -2.27. The fraction of sp³-hybridized carbons (Fsp3) is 0.750. The average molecular weight is 243 g/mol. The average Bonchev–Trinajstić information content (AvgIpc) is 2.13. The topological polar surface area (TPSA) is 38.3 Å². The van der Waals surface area contributed by atoms with Crippen molar-refractivity contribution in [2.75, 3.05) is 24.6 Å². The number of hydrogen-bond donors (Lipinski definition) is 1. The third-order valence-corrected chi connectivity index (χ3v) is 2.40.